The van der Waals surface area contributed by atoms with Crippen LogP contribution in [0, 0.1) is 10.1 Å². The molecule has 138 valence electrons. The number of nitrogens with one attached hydrogen (secondary N) is 1. The van der Waals surface area contributed by atoms with Crippen molar-refractivity contribution in [2.45, 2.75) is 0 Å². The number of ether oxygens (including phenoxy) is 1. The number of carbonyl (C=O) groups is 1. The van der Waals surface area contributed by atoms with Crippen molar-refractivity contribution >= 4 is 33.0 Å². The normalized spacial score (nSPS) is 10.8. The third-order valence-electron chi connectivity index (χ3n) is 3.37. The molecule has 26 heavy (non-hydrogen) atoms. The van der Waals surface area contributed by atoms with Gasteiger partial charge in [0.2, 0.25) is 15.9 Å². The van der Waals surface area contributed by atoms with Crippen molar-refractivity contribution in [1.29, 1.82) is 0 Å². The van der Waals surface area contributed by atoms with Crippen molar-refractivity contribution in [2.75, 3.05) is 29.5 Å². The van der Waals surface area contributed by atoms with E-state index in [1.54, 1.807) is 12.1 Å². The van der Waals surface area contributed by atoms with Crippen LogP contribution in [0.3, 0.4) is 0 Å². The van der Waals surface area contributed by atoms with Crippen LogP contribution in [-0.2, 0) is 14.8 Å². The maximum Gasteiger partial charge on any atom is 0.271 e. The fourth-order valence-electron chi connectivity index (χ4n) is 2.19. The summed E-state index contributed by atoms with van der Waals surface area (Å²) in [5.74, 6) is -0.200. The molecule has 2 aromatic rings. The summed E-state index contributed by atoms with van der Waals surface area (Å²) in [5, 5.41) is 13.2. The van der Waals surface area contributed by atoms with Gasteiger partial charge in [-0.25, -0.2) is 8.42 Å². The molecule has 9 nitrogen and oxygen atoms in total. The lowest BCUT2D eigenvalue weighted by molar-refractivity contribution is -0.384. The number of non-ortho nitro benzene ring substituents is 1. The van der Waals surface area contributed by atoms with Crippen molar-refractivity contribution < 1.29 is 22.9 Å². The molecule has 1 amide bonds. The molecule has 2 aromatic carbocycles. The first kappa shape index (κ1) is 19.2. The van der Waals surface area contributed by atoms with Crippen LogP contribution in [0.25, 0.3) is 0 Å². The van der Waals surface area contributed by atoms with Gasteiger partial charge in [-0.3, -0.25) is 19.2 Å². The number of sulfonamides is 1. The zero-order chi connectivity index (χ0) is 19.3. The molecule has 0 fully saturated rings. The quantitative estimate of drug-likeness (QED) is 0.580. The highest BCUT2D eigenvalue weighted by Gasteiger charge is 2.21. The highest BCUT2D eigenvalue weighted by Crippen LogP contribution is 2.23. The number of anilines is 2. The molecule has 0 saturated carbocycles. The van der Waals surface area contributed by atoms with Gasteiger partial charge in [0.05, 0.1) is 24.0 Å². The van der Waals surface area contributed by atoms with Crippen LogP contribution in [0.2, 0.25) is 0 Å². The fourth-order valence-corrected chi connectivity index (χ4v) is 3.04. The molecule has 0 atom stereocenters. The fraction of sp³-hybridized carbons (Fsp3) is 0.188. The zero-order valence-electron chi connectivity index (χ0n) is 14.1. The minimum atomic E-state index is -3.74. The van der Waals surface area contributed by atoms with Crippen molar-refractivity contribution in [3.05, 3.63) is 58.6 Å². The van der Waals surface area contributed by atoms with Crippen LogP contribution >= 0.6 is 0 Å². The number of hydrogen-bond donors (Lipinski definition) is 1. The number of methoxy groups -OCH3 is 1. The summed E-state index contributed by atoms with van der Waals surface area (Å²) in [7, 11) is -2.30. The molecule has 0 radical (unpaired) electrons. The molecule has 0 heterocycles. The van der Waals surface area contributed by atoms with Crippen molar-refractivity contribution in [3.8, 4) is 5.75 Å². The van der Waals surface area contributed by atoms with Crippen molar-refractivity contribution in [2.24, 2.45) is 0 Å². The summed E-state index contributed by atoms with van der Waals surface area (Å²) in [4.78, 5) is 22.5. The van der Waals surface area contributed by atoms with Gasteiger partial charge in [-0.1, -0.05) is 12.1 Å². The monoisotopic (exact) mass is 379 g/mol. The molecule has 2 rings (SSSR count). The Balaban J connectivity index is 2.22. The lowest BCUT2D eigenvalue weighted by Gasteiger charge is -2.22. The molecular formula is C16H17N3O6S. The Labute approximate surface area is 150 Å². The topological polar surface area (TPSA) is 119 Å². The number of nitrogens with zero attached hydrogens (tertiary/aromatic N) is 2. The van der Waals surface area contributed by atoms with Crippen molar-refractivity contribution in [3.63, 3.8) is 0 Å². The van der Waals surface area contributed by atoms with Gasteiger partial charge in [0, 0.05) is 23.9 Å². The van der Waals surface area contributed by atoms with E-state index in [1.165, 1.54) is 43.5 Å². The van der Waals surface area contributed by atoms with Crippen LogP contribution in [0.5, 0.6) is 5.75 Å². The smallest absolute Gasteiger partial charge is 0.271 e. The Kier molecular flexibility index (Phi) is 5.78. The number of hydrogen-bond acceptors (Lipinski definition) is 6. The molecule has 0 aromatic heterocycles. The van der Waals surface area contributed by atoms with Crippen LogP contribution in [0.1, 0.15) is 0 Å². The minimum absolute atomic E-state index is 0.185. The van der Waals surface area contributed by atoms with Gasteiger partial charge in [-0.15, -0.1) is 0 Å². The third-order valence-corrected chi connectivity index (χ3v) is 4.51. The lowest BCUT2D eigenvalue weighted by Crippen LogP contribution is -2.37. The number of amides is 1. The molecule has 0 unspecified atom stereocenters. The Morgan fingerprint density at radius 2 is 1.92 bits per heavy atom. The maximum absolute atomic E-state index is 12.3. The van der Waals surface area contributed by atoms with Gasteiger partial charge < -0.3 is 10.1 Å². The second-order valence-corrected chi connectivity index (χ2v) is 7.23. The molecule has 1 N–H and O–H groups in total. The number of nitro benzene ring substituents is 1. The second kappa shape index (κ2) is 7.83. The highest BCUT2D eigenvalue weighted by atomic mass is 32.2. The lowest BCUT2D eigenvalue weighted by atomic mass is 10.2. The summed E-state index contributed by atoms with van der Waals surface area (Å²) in [6.07, 6.45) is 0.979. The van der Waals surface area contributed by atoms with Crippen LogP contribution < -0.4 is 14.4 Å². The standard InChI is InChI=1S/C16H17N3O6S/c1-25-15-8-4-6-13(10-15)18(26(2,23)24)11-16(20)17-12-5-3-7-14(9-12)19(21)22/h3-10H,11H2,1-2H3,(H,17,20). The number of benzene rings is 2. The van der Waals surface area contributed by atoms with Crippen molar-refractivity contribution in [1.82, 2.24) is 0 Å². The van der Waals surface area contributed by atoms with E-state index in [1.807, 2.05) is 0 Å². The average molecular weight is 379 g/mol. The molecule has 0 aliphatic rings. The van der Waals surface area contributed by atoms with Gasteiger partial charge in [0.15, 0.2) is 0 Å². The van der Waals surface area contributed by atoms with Crippen LogP contribution in [0.15, 0.2) is 48.5 Å². The highest BCUT2D eigenvalue weighted by molar-refractivity contribution is 7.92. The Hall–Kier alpha value is -3.14. The van der Waals surface area contributed by atoms with E-state index >= 15 is 0 Å². The van der Waals surface area contributed by atoms with Gasteiger partial charge in [-0.05, 0) is 18.2 Å². The predicted molar refractivity (Wildman–Crippen MR) is 96.9 cm³/mol. The number of rotatable bonds is 7. The predicted octanol–water partition coefficient (Wildman–Crippen LogP) is 2.01. The van der Waals surface area contributed by atoms with Gasteiger partial charge >= 0.3 is 0 Å². The molecule has 0 saturated heterocycles. The van der Waals surface area contributed by atoms with E-state index in [0.29, 0.717) is 5.75 Å². The first-order valence-corrected chi connectivity index (χ1v) is 9.21. The van der Waals surface area contributed by atoms with E-state index in [4.69, 9.17) is 4.74 Å². The number of nitro groups is 1. The Morgan fingerprint density at radius 3 is 2.54 bits per heavy atom. The van der Waals surface area contributed by atoms with Gasteiger partial charge in [0.25, 0.3) is 5.69 Å². The second-order valence-electron chi connectivity index (χ2n) is 5.33. The molecule has 10 heteroatoms. The third kappa shape index (κ3) is 4.93. The molecular weight excluding hydrogens is 362 g/mol. The van der Waals surface area contributed by atoms with Crippen LogP contribution in [0.4, 0.5) is 17.1 Å². The Morgan fingerprint density at radius 1 is 1.23 bits per heavy atom. The molecule has 0 aliphatic heterocycles. The maximum atomic E-state index is 12.3. The molecule has 0 spiro atoms. The number of carbonyl (C=O) groups excluding carboxylic acids is 1. The average Bonchev–Trinajstić information content (AvgIpc) is 2.59. The minimum Gasteiger partial charge on any atom is -0.497 e. The first-order valence-electron chi connectivity index (χ1n) is 7.37. The van der Waals surface area contributed by atoms with Gasteiger partial charge in [0.1, 0.15) is 12.3 Å². The van der Waals surface area contributed by atoms with E-state index in [0.717, 1.165) is 10.6 Å². The largest absolute Gasteiger partial charge is 0.497 e. The van der Waals surface area contributed by atoms with Crippen LogP contribution in [-0.4, -0.2) is 39.2 Å². The SMILES string of the molecule is COc1cccc(N(CC(=O)Nc2cccc([N+](=O)[O-])c2)S(C)(=O)=O)c1. The summed E-state index contributed by atoms with van der Waals surface area (Å²) < 4.78 is 30.1. The summed E-state index contributed by atoms with van der Waals surface area (Å²) >= 11 is 0. The summed E-state index contributed by atoms with van der Waals surface area (Å²) in [6, 6.07) is 11.6. The molecule has 0 aliphatic carbocycles. The summed E-state index contributed by atoms with van der Waals surface area (Å²) in [5.41, 5.74) is 0.278. The first-order chi connectivity index (χ1) is 12.2. The van der Waals surface area contributed by atoms with E-state index in [9.17, 15) is 23.3 Å². The van der Waals surface area contributed by atoms with E-state index < -0.39 is 27.4 Å². The van der Waals surface area contributed by atoms with E-state index in [2.05, 4.69) is 5.32 Å². The molecule has 0 bridgehead atoms. The van der Waals surface area contributed by atoms with E-state index in [-0.39, 0.29) is 17.1 Å². The summed E-state index contributed by atoms with van der Waals surface area (Å²) in [6.45, 7) is -0.491. The Bertz CT molecular complexity index is 929. The zero-order valence-corrected chi connectivity index (χ0v) is 14.9. The van der Waals surface area contributed by atoms with Gasteiger partial charge in [-0.2, -0.15) is 0 Å².